The van der Waals surface area contributed by atoms with Crippen LogP contribution < -0.4 is 4.72 Å². The summed E-state index contributed by atoms with van der Waals surface area (Å²) in [5, 5.41) is 18.0. The Bertz CT molecular complexity index is 754. The molecule has 0 amide bonds. The van der Waals surface area contributed by atoms with Gasteiger partial charge in [-0.3, -0.25) is 4.79 Å². The average Bonchev–Trinajstić information content (AvgIpc) is 2.49. The number of nitrogens with one attached hydrogen (secondary N) is 1. The van der Waals surface area contributed by atoms with Gasteiger partial charge in [0, 0.05) is 0 Å². The molecular weight excluding hydrogens is 349 g/mol. The van der Waals surface area contributed by atoms with Crippen molar-refractivity contribution in [2.24, 2.45) is 0 Å². The lowest BCUT2D eigenvalue weighted by Gasteiger charge is -2.16. The van der Waals surface area contributed by atoms with Gasteiger partial charge in [0.25, 0.3) is 0 Å². The van der Waals surface area contributed by atoms with E-state index in [9.17, 15) is 26.4 Å². The van der Waals surface area contributed by atoms with Gasteiger partial charge < -0.3 is 5.11 Å². The van der Waals surface area contributed by atoms with Crippen molar-refractivity contribution in [3.8, 4) is 6.07 Å². The number of carboxylic acids is 1. The smallest absolute Gasteiger partial charge is 0.416 e. The summed E-state index contributed by atoms with van der Waals surface area (Å²) in [6, 6.07) is 1.55. The number of benzene rings is 1. The Balaban J connectivity index is 3.23. The number of nitrogens with zero attached hydrogens (tertiary/aromatic N) is 1. The van der Waals surface area contributed by atoms with Crippen LogP contribution in [0.15, 0.2) is 23.1 Å². The number of aliphatic carboxylic acids is 1. The van der Waals surface area contributed by atoms with Crippen molar-refractivity contribution in [3.63, 3.8) is 0 Å². The number of halogens is 3. The molecule has 0 aliphatic carbocycles. The van der Waals surface area contributed by atoms with Crippen LogP contribution in [0, 0.1) is 11.3 Å². The summed E-state index contributed by atoms with van der Waals surface area (Å²) >= 11 is 0. The SMILES string of the molecule is CCCCC(NS(=O)(=O)c1ccc(C(F)(F)F)cc1C#N)C(=O)O. The minimum atomic E-state index is -4.73. The fourth-order valence-corrected chi connectivity index (χ4v) is 3.28. The molecule has 24 heavy (non-hydrogen) atoms. The van der Waals surface area contributed by atoms with Gasteiger partial charge in [-0.1, -0.05) is 19.8 Å². The Labute approximate surface area is 137 Å². The average molecular weight is 364 g/mol. The molecule has 1 rings (SSSR count). The zero-order valence-electron chi connectivity index (χ0n) is 12.6. The first-order valence-electron chi connectivity index (χ1n) is 6.89. The molecule has 0 bridgehead atoms. The first-order chi connectivity index (χ1) is 11.0. The van der Waals surface area contributed by atoms with Crippen molar-refractivity contribution in [1.82, 2.24) is 4.72 Å². The number of unbranched alkanes of at least 4 members (excludes halogenated alkanes) is 1. The Morgan fingerprint density at radius 3 is 2.50 bits per heavy atom. The maximum Gasteiger partial charge on any atom is 0.416 e. The van der Waals surface area contributed by atoms with Crippen molar-refractivity contribution in [2.45, 2.75) is 43.3 Å². The van der Waals surface area contributed by atoms with Gasteiger partial charge in [0.2, 0.25) is 10.0 Å². The van der Waals surface area contributed by atoms with E-state index in [4.69, 9.17) is 10.4 Å². The molecule has 0 aromatic heterocycles. The van der Waals surface area contributed by atoms with Crippen LogP contribution in [-0.4, -0.2) is 25.5 Å². The van der Waals surface area contributed by atoms with E-state index in [1.807, 2.05) is 4.72 Å². The third-order valence-electron chi connectivity index (χ3n) is 3.16. The highest BCUT2D eigenvalue weighted by Crippen LogP contribution is 2.31. The number of rotatable bonds is 7. The molecular formula is C14H15F3N2O4S. The fourth-order valence-electron chi connectivity index (χ4n) is 1.92. The summed E-state index contributed by atoms with van der Waals surface area (Å²) in [6.45, 7) is 1.79. The van der Waals surface area contributed by atoms with Crippen molar-refractivity contribution >= 4 is 16.0 Å². The third kappa shape index (κ3) is 4.94. The van der Waals surface area contributed by atoms with E-state index in [-0.39, 0.29) is 6.42 Å². The zero-order chi connectivity index (χ0) is 18.5. The highest BCUT2D eigenvalue weighted by molar-refractivity contribution is 7.89. The molecule has 10 heteroatoms. The van der Waals surface area contributed by atoms with Crippen LogP contribution in [0.1, 0.15) is 37.3 Å². The zero-order valence-corrected chi connectivity index (χ0v) is 13.4. The number of carboxylic acid groups (broad SMARTS) is 1. The molecule has 2 N–H and O–H groups in total. The predicted molar refractivity (Wildman–Crippen MR) is 77.4 cm³/mol. The third-order valence-corrected chi connectivity index (χ3v) is 4.69. The minimum absolute atomic E-state index is 0.0214. The molecule has 6 nitrogen and oxygen atoms in total. The monoisotopic (exact) mass is 364 g/mol. The predicted octanol–water partition coefficient (Wildman–Crippen LogP) is 2.50. The summed E-state index contributed by atoms with van der Waals surface area (Å²) in [5.41, 5.74) is -1.88. The second-order valence-corrected chi connectivity index (χ2v) is 6.66. The van der Waals surface area contributed by atoms with Gasteiger partial charge >= 0.3 is 12.1 Å². The van der Waals surface area contributed by atoms with Crippen LogP contribution in [0.3, 0.4) is 0 Å². The molecule has 0 aliphatic rings. The van der Waals surface area contributed by atoms with Crippen molar-refractivity contribution in [1.29, 1.82) is 5.26 Å². The van der Waals surface area contributed by atoms with Crippen LogP contribution >= 0.6 is 0 Å². The Kier molecular flexibility index (Phi) is 6.34. The molecule has 0 radical (unpaired) electrons. The number of nitriles is 1. The summed E-state index contributed by atoms with van der Waals surface area (Å²) < 4.78 is 64.3. The maximum absolute atomic E-state index is 12.6. The minimum Gasteiger partial charge on any atom is -0.480 e. The van der Waals surface area contributed by atoms with Gasteiger partial charge in [0.1, 0.15) is 12.1 Å². The normalized spacial score (nSPS) is 13.3. The fraction of sp³-hybridized carbons (Fsp3) is 0.429. The molecule has 0 heterocycles. The van der Waals surface area contributed by atoms with Crippen molar-refractivity contribution < 1.29 is 31.5 Å². The van der Waals surface area contributed by atoms with Crippen LogP contribution in [0.25, 0.3) is 0 Å². The number of hydrogen-bond donors (Lipinski definition) is 2. The van der Waals surface area contributed by atoms with Crippen LogP contribution in [-0.2, 0) is 21.0 Å². The van der Waals surface area contributed by atoms with Crippen LogP contribution in [0.4, 0.5) is 13.2 Å². The molecule has 0 spiro atoms. The Hall–Kier alpha value is -2.12. The second-order valence-electron chi connectivity index (χ2n) is 4.97. The number of sulfonamides is 1. The molecule has 1 atom stereocenters. The first-order valence-corrected chi connectivity index (χ1v) is 8.37. The van der Waals surface area contributed by atoms with Gasteiger partial charge in [-0.2, -0.15) is 23.2 Å². The molecule has 0 saturated carbocycles. The molecule has 0 fully saturated rings. The van der Waals surface area contributed by atoms with Gasteiger partial charge in [-0.15, -0.1) is 0 Å². The lowest BCUT2D eigenvalue weighted by Crippen LogP contribution is -2.40. The van der Waals surface area contributed by atoms with E-state index in [0.29, 0.717) is 31.0 Å². The van der Waals surface area contributed by atoms with Gasteiger partial charge in [0.15, 0.2) is 0 Å². The van der Waals surface area contributed by atoms with E-state index in [0.717, 1.165) is 0 Å². The Morgan fingerprint density at radius 2 is 2.04 bits per heavy atom. The molecule has 1 aromatic carbocycles. The van der Waals surface area contributed by atoms with Crippen LogP contribution in [0.5, 0.6) is 0 Å². The lowest BCUT2D eigenvalue weighted by molar-refractivity contribution is -0.139. The van der Waals surface area contributed by atoms with E-state index >= 15 is 0 Å². The lowest BCUT2D eigenvalue weighted by atomic mass is 10.1. The molecule has 1 aromatic rings. The summed E-state index contributed by atoms with van der Waals surface area (Å²) in [7, 11) is -4.46. The van der Waals surface area contributed by atoms with E-state index in [2.05, 4.69) is 0 Å². The molecule has 0 saturated heterocycles. The first kappa shape index (κ1) is 19.9. The largest absolute Gasteiger partial charge is 0.480 e. The molecule has 0 aliphatic heterocycles. The summed E-state index contributed by atoms with van der Waals surface area (Å²) in [6.07, 6.45) is -3.63. The highest BCUT2D eigenvalue weighted by atomic mass is 32.2. The molecule has 132 valence electrons. The number of alkyl halides is 3. The molecule has 1 unspecified atom stereocenters. The van der Waals surface area contributed by atoms with E-state index in [1.54, 1.807) is 6.92 Å². The summed E-state index contributed by atoms with van der Waals surface area (Å²) in [5.74, 6) is -1.41. The van der Waals surface area contributed by atoms with E-state index in [1.165, 1.54) is 6.07 Å². The standard InChI is InChI=1S/C14H15F3N2O4S/c1-2-3-4-11(13(20)21)19-24(22,23)12-6-5-10(14(15,16)17)7-9(12)8-18/h5-7,11,19H,2-4H2,1H3,(H,20,21). The topological polar surface area (TPSA) is 107 Å². The second kappa shape index (κ2) is 7.63. The van der Waals surface area contributed by atoms with Crippen LogP contribution in [0.2, 0.25) is 0 Å². The highest BCUT2D eigenvalue weighted by Gasteiger charge is 2.33. The van der Waals surface area contributed by atoms with Gasteiger partial charge in [-0.05, 0) is 24.6 Å². The summed E-state index contributed by atoms with van der Waals surface area (Å²) in [4.78, 5) is 10.4. The van der Waals surface area contributed by atoms with Crippen molar-refractivity contribution in [2.75, 3.05) is 0 Å². The number of carbonyl (C=O) groups is 1. The maximum atomic E-state index is 12.6. The van der Waals surface area contributed by atoms with E-state index < -0.39 is 44.2 Å². The van der Waals surface area contributed by atoms with Crippen molar-refractivity contribution in [3.05, 3.63) is 29.3 Å². The number of hydrogen-bond acceptors (Lipinski definition) is 4. The van der Waals surface area contributed by atoms with Gasteiger partial charge in [-0.25, -0.2) is 8.42 Å². The quantitative estimate of drug-likeness (QED) is 0.773. The Morgan fingerprint density at radius 1 is 1.42 bits per heavy atom. The van der Waals surface area contributed by atoms with Gasteiger partial charge in [0.05, 0.1) is 16.0 Å².